The molecule has 142 valence electrons. The van der Waals surface area contributed by atoms with Crippen LogP contribution in [-0.4, -0.2) is 22.2 Å². The van der Waals surface area contributed by atoms with Gasteiger partial charge in [-0.3, -0.25) is 4.72 Å². The van der Waals surface area contributed by atoms with Crippen LogP contribution in [0.4, 0.5) is 5.82 Å². The molecule has 1 unspecified atom stereocenters. The van der Waals surface area contributed by atoms with Gasteiger partial charge in [0.15, 0.2) is 0 Å². The molecule has 0 bridgehead atoms. The van der Waals surface area contributed by atoms with E-state index in [1.54, 1.807) is 11.9 Å². The third-order valence-electron chi connectivity index (χ3n) is 4.72. The fraction of sp³-hybridized carbons (Fsp3) is 0.190. The molecule has 4 N–H and O–H groups in total. The van der Waals surface area contributed by atoms with Gasteiger partial charge in [0.05, 0.1) is 0 Å². The molecule has 3 aromatic rings. The standard InChI is InChI=1S/C21H21N5OS/c22-11-19-18-8-6-15(10-14(18)12-25-21(19)23)26-28-17-7-9-20(24-13-17)27-16-4-2-1-3-5-16/h1-5,7,9,11-13,15,22,26H,6,8,10H2,(H2,23,25). The van der Waals surface area contributed by atoms with Crippen molar-refractivity contribution in [2.24, 2.45) is 0 Å². The highest BCUT2D eigenvalue weighted by Gasteiger charge is 2.22. The smallest absolute Gasteiger partial charge is 0.219 e. The summed E-state index contributed by atoms with van der Waals surface area (Å²) in [5, 5.41) is 7.57. The average Bonchev–Trinajstić information content (AvgIpc) is 2.74. The normalized spacial score (nSPS) is 15.6. The van der Waals surface area contributed by atoms with Crippen molar-refractivity contribution in [3.05, 3.63) is 71.5 Å². The van der Waals surface area contributed by atoms with Crippen LogP contribution in [0.5, 0.6) is 11.6 Å². The Balaban J connectivity index is 1.34. The second-order valence-corrected chi connectivity index (χ2v) is 7.52. The number of nitrogen functional groups attached to an aromatic ring is 1. The van der Waals surface area contributed by atoms with E-state index in [2.05, 4.69) is 14.7 Å². The van der Waals surface area contributed by atoms with Crippen LogP contribution in [0.3, 0.4) is 0 Å². The lowest BCUT2D eigenvalue weighted by Gasteiger charge is -2.26. The summed E-state index contributed by atoms with van der Waals surface area (Å²) < 4.78 is 9.24. The molecule has 0 saturated carbocycles. The van der Waals surface area contributed by atoms with Gasteiger partial charge in [0.25, 0.3) is 0 Å². The van der Waals surface area contributed by atoms with E-state index in [0.717, 1.165) is 41.0 Å². The van der Waals surface area contributed by atoms with Gasteiger partial charge in [0.2, 0.25) is 5.88 Å². The molecule has 6 nitrogen and oxygen atoms in total. The molecule has 0 fully saturated rings. The lowest BCUT2D eigenvalue weighted by atomic mass is 9.87. The van der Waals surface area contributed by atoms with Gasteiger partial charge < -0.3 is 15.9 Å². The van der Waals surface area contributed by atoms with Gasteiger partial charge in [-0.25, -0.2) is 9.97 Å². The predicted molar refractivity (Wildman–Crippen MR) is 112 cm³/mol. The van der Waals surface area contributed by atoms with Crippen LogP contribution in [0.1, 0.15) is 23.1 Å². The molecule has 1 aliphatic rings. The lowest BCUT2D eigenvalue weighted by molar-refractivity contribution is 0.462. The first-order valence-corrected chi connectivity index (χ1v) is 9.92. The van der Waals surface area contributed by atoms with Crippen LogP contribution in [0.25, 0.3) is 0 Å². The first-order valence-electron chi connectivity index (χ1n) is 9.11. The Morgan fingerprint density at radius 2 is 2.00 bits per heavy atom. The molecule has 1 aromatic carbocycles. The molecular weight excluding hydrogens is 370 g/mol. The molecule has 1 aliphatic carbocycles. The van der Waals surface area contributed by atoms with Gasteiger partial charge in [0.1, 0.15) is 11.6 Å². The van der Waals surface area contributed by atoms with Gasteiger partial charge >= 0.3 is 0 Å². The molecule has 4 rings (SSSR count). The van der Waals surface area contributed by atoms with E-state index in [1.165, 1.54) is 11.8 Å². The molecule has 1 atom stereocenters. The second-order valence-electron chi connectivity index (χ2n) is 6.61. The van der Waals surface area contributed by atoms with Gasteiger partial charge in [-0.1, -0.05) is 18.2 Å². The number of nitrogens with one attached hydrogen (secondary N) is 2. The van der Waals surface area contributed by atoms with Crippen LogP contribution in [0, 0.1) is 5.41 Å². The number of hydrogen-bond acceptors (Lipinski definition) is 7. The quantitative estimate of drug-likeness (QED) is 0.434. The third kappa shape index (κ3) is 4.16. The number of para-hydroxylation sites is 1. The van der Waals surface area contributed by atoms with Crippen LogP contribution in [0.15, 0.2) is 59.8 Å². The van der Waals surface area contributed by atoms with Crippen molar-refractivity contribution in [3.8, 4) is 11.6 Å². The minimum absolute atomic E-state index is 0.335. The molecule has 7 heteroatoms. The number of pyridine rings is 2. The van der Waals surface area contributed by atoms with Crippen LogP contribution in [-0.2, 0) is 12.8 Å². The Morgan fingerprint density at radius 3 is 2.75 bits per heavy atom. The van der Waals surface area contributed by atoms with Crippen molar-refractivity contribution >= 4 is 24.0 Å². The maximum absolute atomic E-state index is 7.57. The Morgan fingerprint density at radius 1 is 1.14 bits per heavy atom. The van der Waals surface area contributed by atoms with Crippen LogP contribution >= 0.6 is 11.9 Å². The van der Waals surface area contributed by atoms with Crippen molar-refractivity contribution < 1.29 is 4.74 Å². The van der Waals surface area contributed by atoms with Crippen LogP contribution < -0.4 is 15.2 Å². The van der Waals surface area contributed by atoms with Crippen molar-refractivity contribution in [2.45, 2.75) is 30.2 Å². The third-order valence-corrected chi connectivity index (χ3v) is 5.65. The van der Waals surface area contributed by atoms with Crippen LogP contribution in [0.2, 0.25) is 0 Å². The molecule has 2 heterocycles. The number of nitrogens with zero attached hydrogens (tertiary/aromatic N) is 2. The molecule has 0 radical (unpaired) electrons. The Bertz CT molecular complexity index is 963. The lowest BCUT2D eigenvalue weighted by Crippen LogP contribution is -2.31. The molecule has 0 amide bonds. The van der Waals surface area contributed by atoms with Gasteiger partial charge in [0, 0.05) is 41.2 Å². The fourth-order valence-electron chi connectivity index (χ4n) is 3.29. The summed E-state index contributed by atoms with van der Waals surface area (Å²) in [6.07, 6.45) is 7.73. The Labute approximate surface area is 168 Å². The van der Waals surface area contributed by atoms with Gasteiger partial charge in [-0.15, -0.1) is 0 Å². The van der Waals surface area contributed by atoms with E-state index in [4.69, 9.17) is 15.9 Å². The fourth-order valence-corrected chi connectivity index (χ4v) is 4.03. The summed E-state index contributed by atoms with van der Waals surface area (Å²) >= 11 is 1.57. The minimum atomic E-state index is 0.335. The summed E-state index contributed by atoms with van der Waals surface area (Å²) in [7, 11) is 0. The Hall–Kier alpha value is -2.90. The molecule has 0 saturated heterocycles. The number of anilines is 1. The summed E-state index contributed by atoms with van der Waals surface area (Å²) in [6, 6.07) is 13.8. The van der Waals surface area contributed by atoms with E-state index in [1.807, 2.05) is 54.9 Å². The zero-order valence-corrected chi connectivity index (χ0v) is 16.1. The van der Waals surface area contributed by atoms with Crippen molar-refractivity contribution in [1.29, 1.82) is 5.41 Å². The number of benzene rings is 1. The van der Waals surface area contributed by atoms with E-state index < -0.39 is 0 Å². The average molecular weight is 392 g/mol. The maximum Gasteiger partial charge on any atom is 0.219 e. The highest BCUT2D eigenvalue weighted by Crippen LogP contribution is 2.28. The minimum Gasteiger partial charge on any atom is -0.439 e. The van der Waals surface area contributed by atoms with Crippen molar-refractivity contribution in [3.63, 3.8) is 0 Å². The SMILES string of the molecule is N=Cc1c(N)ncc2c1CCC(NSc1ccc(Oc3ccccc3)nc1)C2. The first-order chi connectivity index (χ1) is 13.7. The first kappa shape index (κ1) is 18.5. The number of hydrogen-bond donors (Lipinski definition) is 3. The van der Waals surface area contributed by atoms with Gasteiger partial charge in [-0.05, 0) is 60.5 Å². The van der Waals surface area contributed by atoms with E-state index >= 15 is 0 Å². The zero-order valence-electron chi connectivity index (χ0n) is 15.3. The summed E-state index contributed by atoms with van der Waals surface area (Å²) in [4.78, 5) is 9.63. The molecule has 2 aromatic heterocycles. The van der Waals surface area contributed by atoms with E-state index in [0.29, 0.717) is 17.7 Å². The number of ether oxygens (including phenoxy) is 1. The maximum atomic E-state index is 7.57. The number of nitrogens with two attached hydrogens (primary N) is 1. The summed E-state index contributed by atoms with van der Waals surface area (Å²) in [6.45, 7) is 0. The second kappa shape index (κ2) is 8.41. The molecule has 0 aliphatic heterocycles. The number of rotatable bonds is 6. The number of aromatic nitrogens is 2. The highest BCUT2D eigenvalue weighted by atomic mass is 32.2. The monoisotopic (exact) mass is 391 g/mol. The van der Waals surface area contributed by atoms with Crippen molar-refractivity contribution in [2.75, 3.05) is 5.73 Å². The number of fused-ring (bicyclic) bond motifs is 1. The predicted octanol–water partition coefficient (Wildman–Crippen LogP) is 4.00. The van der Waals surface area contributed by atoms with Crippen molar-refractivity contribution in [1.82, 2.24) is 14.7 Å². The molecule has 0 spiro atoms. The largest absolute Gasteiger partial charge is 0.439 e. The van der Waals surface area contributed by atoms with Gasteiger partial charge in [-0.2, -0.15) is 0 Å². The summed E-state index contributed by atoms with van der Waals surface area (Å²) in [5.74, 6) is 1.79. The molecule has 28 heavy (non-hydrogen) atoms. The van der Waals surface area contributed by atoms with E-state index in [9.17, 15) is 0 Å². The summed E-state index contributed by atoms with van der Waals surface area (Å²) in [5.41, 5.74) is 8.98. The highest BCUT2D eigenvalue weighted by molar-refractivity contribution is 7.97. The zero-order chi connectivity index (χ0) is 19.3. The van der Waals surface area contributed by atoms with E-state index in [-0.39, 0.29) is 0 Å². The molecular formula is C21H21N5OS. The Kier molecular flexibility index (Phi) is 5.55. The topological polar surface area (TPSA) is 96.9 Å².